The number of nitrogens with one attached hydrogen (secondary N) is 1. The summed E-state index contributed by atoms with van der Waals surface area (Å²) in [5, 5.41) is 7.56. The van der Waals surface area contributed by atoms with E-state index < -0.39 is 0 Å². The van der Waals surface area contributed by atoms with Crippen LogP contribution in [0.25, 0.3) is 0 Å². The van der Waals surface area contributed by atoms with Crippen LogP contribution in [0.15, 0.2) is 36.4 Å². The lowest BCUT2D eigenvalue weighted by Gasteiger charge is -2.32. The summed E-state index contributed by atoms with van der Waals surface area (Å²) in [6, 6.07) is 13.4. The van der Waals surface area contributed by atoms with E-state index in [1.54, 1.807) is 0 Å². The summed E-state index contributed by atoms with van der Waals surface area (Å²) >= 11 is 0. The van der Waals surface area contributed by atoms with Crippen LogP contribution in [0.4, 0.5) is 5.69 Å². The summed E-state index contributed by atoms with van der Waals surface area (Å²) in [6.45, 7) is 7.53. The minimum absolute atomic E-state index is 0.0737. The maximum atomic E-state index is 11.4. The smallest absolute Gasteiger partial charge is 0.220 e. The van der Waals surface area contributed by atoms with Crippen molar-refractivity contribution >= 4 is 11.6 Å². The number of rotatable bonds is 5. The average Bonchev–Trinajstić information content (AvgIpc) is 3.33. The van der Waals surface area contributed by atoms with Gasteiger partial charge in [0.15, 0.2) is 0 Å². The lowest BCUT2D eigenvalue weighted by atomic mass is 10.2. The van der Waals surface area contributed by atoms with Gasteiger partial charge in [0.2, 0.25) is 5.91 Å². The number of aromatic nitrogens is 2. The van der Waals surface area contributed by atoms with Crippen molar-refractivity contribution in [2.45, 2.75) is 45.4 Å². The minimum atomic E-state index is 0.0737. The normalized spacial score (nSPS) is 20.2. The topological polar surface area (TPSA) is 53.4 Å². The Morgan fingerprint density at radius 1 is 1.23 bits per heavy atom. The van der Waals surface area contributed by atoms with E-state index in [0.717, 1.165) is 38.4 Å². The molecule has 1 N–H and O–H groups in total. The molecule has 0 bridgehead atoms. The molecule has 1 atom stereocenters. The molecule has 1 aromatic heterocycles. The van der Waals surface area contributed by atoms with Gasteiger partial charge in [-0.25, -0.2) is 0 Å². The van der Waals surface area contributed by atoms with Crippen molar-refractivity contribution in [3.05, 3.63) is 47.8 Å². The molecule has 2 aliphatic rings. The molecule has 6 nitrogen and oxygen atoms in total. The largest absolute Gasteiger partial charge is 0.370 e. The second-order valence-corrected chi connectivity index (χ2v) is 7.17. The zero-order chi connectivity index (χ0) is 17.9. The molecular formula is C20H27N5O. The highest BCUT2D eigenvalue weighted by Crippen LogP contribution is 2.25. The predicted octanol–water partition coefficient (Wildman–Crippen LogP) is 2.00. The molecule has 0 spiro atoms. The van der Waals surface area contributed by atoms with E-state index >= 15 is 0 Å². The second kappa shape index (κ2) is 7.50. The van der Waals surface area contributed by atoms with Crippen molar-refractivity contribution in [3.63, 3.8) is 0 Å². The summed E-state index contributed by atoms with van der Waals surface area (Å²) in [7, 11) is 0. The summed E-state index contributed by atoms with van der Waals surface area (Å²) in [5.41, 5.74) is 3.54. The second-order valence-electron chi connectivity index (χ2n) is 7.17. The molecule has 1 aromatic carbocycles. The van der Waals surface area contributed by atoms with Gasteiger partial charge in [-0.15, -0.1) is 0 Å². The van der Waals surface area contributed by atoms with Gasteiger partial charge in [0.1, 0.15) is 0 Å². The van der Waals surface area contributed by atoms with Crippen molar-refractivity contribution in [2.24, 2.45) is 0 Å². The third-order valence-electron chi connectivity index (χ3n) is 5.47. The molecule has 1 fully saturated rings. The van der Waals surface area contributed by atoms with Crippen LogP contribution in [-0.2, 0) is 24.4 Å². The summed E-state index contributed by atoms with van der Waals surface area (Å²) in [6.07, 6.45) is 1.73. The average molecular weight is 353 g/mol. The van der Waals surface area contributed by atoms with E-state index in [1.807, 2.05) is 6.92 Å². The highest BCUT2D eigenvalue weighted by molar-refractivity contribution is 5.75. The number of amides is 1. The predicted molar refractivity (Wildman–Crippen MR) is 102 cm³/mol. The van der Waals surface area contributed by atoms with Gasteiger partial charge in [-0.3, -0.25) is 14.4 Å². The van der Waals surface area contributed by atoms with E-state index in [2.05, 4.69) is 61.3 Å². The number of para-hydroxylation sites is 1. The van der Waals surface area contributed by atoms with Gasteiger partial charge in [0, 0.05) is 44.3 Å². The van der Waals surface area contributed by atoms with Crippen molar-refractivity contribution < 1.29 is 4.79 Å². The number of anilines is 1. The zero-order valence-electron chi connectivity index (χ0n) is 15.4. The van der Waals surface area contributed by atoms with Gasteiger partial charge in [-0.2, -0.15) is 5.10 Å². The maximum Gasteiger partial charge on any atom is 0.220 e. The standard InChI is InChI=1S/C20H27N5O/c1-2-20(26)21-13-16-12-19-15-24(10-11-25(19)22-16)18-8-9-23(14-18)17-6-4-3-5-7-17/h3-7,12,18H,2,8-11,13-15H2,1H3,(H,21,26)/t18-/m1/s1. The van der Waals surface area contributed by atoms with Crippen LogP contribution >= 0.6 is 0 Å². The van der Waals surface area contributed by atoms with Gasteiger partial charge in [0.05, 0.1) is 24.5 Å². The Balaban J connectivity index is 1.36. The van der Waals surface area contributed by atoms with Crippen LogP contribution in [0.2, 0.25) is 0 Å². The first kappa shape index (κ1) is 17.1. The van der Waals surface area contributed by atoms with Crippen LogP contribution in [0.3, 0.4) is 0 Å². The molecule has 0 radical (unpaired) electrons. The lowest BCUT2D eigenvalue weighted by molar-refractivity contribution is -0.120. The molecule has 0 saturated carbocycles. The Bertz CT molecular complexity index is 757. The van der Waals surface area contributed by atoms with Crippen molar-refractivity contribution in [3.8, 4) is 0 Å². The molecule has 6 heteroatoms. The number of hydrogen-bond donors (Lipinski definition) is 1. The number of carbonyl (C=O) groups is 1. The first-order valence-corrected chi connectivity index (χ1v) is 9.59. The minimum Gasteiger partial charge on any atom is -0.370 e. The quantitative estimate of drug-likeness (QED) is 0.893. The van der Waals surface area contributed by atoms with Crippen LogP contribution < -0.4 is 10.2 Å². The van der Waals surface area contributed by atoms with Crippen LogP contribution in [0.5, 0.6) is 0 Å². The lowest BCUT2D eigenvalue weighted by Crippen LogP contribution is -2.42. The molecule has 0 aliphatic carbocycles. The van der Waals surface area contributed by atoms with Crippen molar-refractivity contribution in [1.82, 2.24) is 20.0 Å². The monoisotopic (exact) mass is 353 g/mol. The van der Waals surface area contributed by atoms with Gasteiger partial charge >= 0.3 is 0 Å². The van der Waals surface area contributed by atoms with E-state index in [-0.39, 0.29) is 5.91 Å². The molecular weight excluding hydrogens is 326 g/mol. The number of nitrogens with zero attached hydrogens (tertiary/aromatic N) is 4. The Labute approximate surface area is 154 Å². The molecule has 26 heavy (non-hydrogen) atoms. The maximum absolute atomic E-state index is 11.4. The summed E-state index contributed by atoms with van der Waals surface area (Å²) in [5.74, 6) is 0.0737. The van der Waals surface area contributed by atoms with E-state index in [1.165, 1.54) is 17.8 Å². The molecule has 3 heterocycles. The Kier molecular flexibility index (Phi) is 4.93. The Hall–Kier alpha value is -2.34. The first-order chi connectivity index (χ1) is 12.7. The molecule has 1 saturated heterocycles. The van der Waals surface area contributed by atoms with E-state index in [0.29, 0.717) is 19.0 Å². The van der Waals surface area contributed by atoms with Gasteiger partial charge in [0.25, 0.3) is 0 Å². The highest BCUT2D eigenvalue weighted by atomic mass is 16.1. The van der Waals surface area contributed by atoms with E-state index in [4.69, 9.17) is 0 Å². The van der Waals surface area contributed by atoms with Crippen molar-refractivity contribution in [1.29, 1.82) is 0 Å². The zero-order valence-corrected chi connectivity index (χ0v) is 15.4. The summed E-state index contributed by atoms with van der Waals surface area (Å²) in [4.78, 5) is 16.5. The fourth-order valence-electron chi connectivity index (χ4n) is 3.97. The molecule has 1 amide bonds. The fourth-order valence-corrected chi connectivity index (χ4v) is 3.97. The molecule has 2 aliphatic heterocycles. The third-order valence-corrected chi connectivity index (χ3v) is 5.47. The van der Waals surface area contributed by atoms with Gasteiger partial charge in [-0.1, -0.05) is 25.1 Å². The number of hydrogen-bond acceptors (Lipinski definition) is 4. The van der Waals surface area contributed by atoms with Crippen LogP contribution in [-0.4, -0.2) is 46.3 Å². The molecule has 4 rings (SSSR count). The number of benzene rings is 1. The molecule has 2 aromatic rings. The Morgan fingerprint density at radius 3 is 2.88 bits per heavy atom. The number of fused-ring (bicyclic) bond motifs is 1. The number of carbonyl (C=O) groups excluding carboxylic acids is 1. The summed E-state index contributed by atoms with van der Waals surface area (Å²) < 4.78 is 2.11. The van der Waals surface area contributed by atoms with Gasteiger partial charge < -0.3 is 10.2 Å². The molecule has 138 valence electrons. The molecule has 0 unspecified atom stereocenters. The highest BCUT2D eigenvalue weighted by Gasteiger charge is 2.30. The first-order valence-electron chi connectivity index (χ1n) is 9.59. The van der Waals surface area contributed by atoms with E-state index in [9.17, 15) is 4.79 Å². The SMILES string of the molecule is CCC(=O)NCc1cc2n(n1)CCN([C@@H]1CCN(c3ccccc3)C1)C2. The van der Waals surface area contributed by atoms with Crippen molar-refractivity contribution in [2.75, 3.05) is 24.5 Å². The van der Waals surface area contributed by atoms with Gasteiger partial charge in [-0.05, 0) is 24.6 Å². The van der Waals surface area contributed by atoms with Crippen LogP contribution in [0, 0.1) is 0 Å². The Morgan fingerprint density at radius 2 is 2.08 bits per heavy atom. The fraction of sp³-hybridized carbons (Fsp3) is 0.500. The van der Waals surface area contributed by atoms with Crippen LogP contribution in [0.1, 0.15) is 31.2 Å². The third kappa shape index (κ3) is 3.60.